The third-order valence-electron chi connectivity index (χ3n) is 4.41. The van der Waals surface area contributed by atoms with Gasteiger partial charge in [-0.15, -0.1) is 24.0 Å². The van der Waals surface area contributed by atoms with E-state index in [1.54, 1.807) is 7.05 Å². The van der Waals surface area contributed by atoms with E-state index in [4.69, 9.17) is 4.74 Å². The van der Waals surface area contributed by atoms with Crippen LogP contribution in [0.2, 0.25) is 0 Å². The highest BCUT2D eigenvalue weighted by Gasteiger charge is 2.16. The highest BCUT2D eigenvalue weighted by molar-refractivity contribution is 14.0. The lowest BCUT2D eigenvalue weighted by Gasteiger charge is -2.23. The lowest BCUT2D eigenvalue weighted by Crippen LogP contribution is -2.42. The number of halogens is 1. The molecule has 0 aliphatic heterocycles. The number of benzene rings is 1. The van der Waals surface area contributed by atoms with Gasteiger partial charge < -0.3 is 20.3 Å². The molecular formula is C20H37IN4OS. The summed E-state index contributed by atoms with van der Waals surface area (Å²) in [5.74, 6) is 1.75. The SMILES string of the molecule is CCN(CC)CCOc1ccc(CNC(=NC)NCC(C)(C)SC)cc1.I. The van der Waals surface area contributed by atoms with Crippen LogP contribution in [-0.2, 0) is 6.54 Å². The van der Waals surface area contributed by atoms with Gasteiger partial charge in [0.1, 0.15) is 12.4 Å². The molecule has 27 heavy (non-hydrogen) atoms. The number of nitrogens with one attached hydrogen (secondary N) is 2. The smallest absolute Gasteiger partial charge is 0.191 e. The normalized spacial score (nSPS) is 11.9. The summed E-state index contributed by atoms with van der Waals surface area (Å²) in [7, 11) is 1.80. The molecule has 0 aromatic heterocycles. The minimum atomic E-state index is 0. The lowest BCUT2D eigenvalue weighted by atomic mass is 10.2. The van der Waals surface area contributed by atoms with Gasteiger partial charge in [-0.3, -0.25) is 4.99 Å². The quantitative estimate of drug-likeness (QED) is 0.270. The molecule has 1 rings (SSSR count). The summed E-state index contributed by atoms with van der Waals surface area (Å²) < 4.78 is 6.01. The molecule has 1 aromatic carbocycles. The number of hydrogen-bond donors (Lipinski definition) is 2. The Bertz CT molecular complexity index is 533. The number of ether oxygens (including phenoxy) is 1. The second-order valence-corrected chi connectivity index (χ2v) is 8.28. The minimum absolute atomic E-state index is 0. The topological polar surface area (TPSA) is 48.9 Å². The van der Waals surface area contributed by atoms with Crippen LogP contribution in [0, 0.1) is 0 Å². The molecule has 0 radical (unpaired) electrons. The molecule has 0 aliphatic rings. The van der Waals surface area contributed by atoms with Gasteiger partial charge in [-0.25, -0.2) is 0 Å². The standard InChI is InChI=1S/C20H36N4OS.HI/c1-7-24(8-2)13-14-25-18-11-9-17(10-12-18)15-22-19(21-5)23-16-20(3,4)26-6;/h9-12H,7-8,13-16H2,1-6H3,(H2,21,22,23);1H. The number of thioether (sulfide) groups is 1. The van der Waals surface area contributed by atoms with Crippen LogP contribution in [0.3, 0.4) is 0 Å². The summed E-state index contributed by atoms with van der Waals surface area (Å²) in [4.78, 5) is 6.64. The van der Waals surface area contributed by atoms with Crippen LogP contribution in [0.25, 0.3) is 0 Å². The van der Waals surface area contributed by atoms with Crippen molar-refractivity contribution in [1.29, 1.82) is 0 Å². The van der Waals surface area contributed by atoms with Gasteiger partial charge in [0.15, 0.2) is 5.96 Å². The molecule has 0 bridgehead atoms. The fourth-order valence-corrected chi connectivity index (χ4v) is 2.53. The largest absolute Gasteiger partial charge is 0.492 e. The Labute approximate surface area is 187 Å². The van der Waals surface area contributed by atoms with Crippen molar-refractivity contribution < 1.29 is 4.74 Å². The van der Waals surface area contributed by atoms with Crippen LogP contribution in [0.4, 0.5) is 0 Å². The van der Waals surface area contributed by atoms with Crippen molar-refractivity contribution in [2.45, 2.75) is 39.0 Å². The Hall–Kier alpha value is -0.670. The van der Waals surface area contributed by atoms with Crippen LogP contribution in [0.1, 0.15) is 33.3 Å². The van der Waals surface area contributed by atoms with Crippen molar-refractivity contribution >= 4 is 41.7 Å². The zero-order chi connectivity index (χ0) is 19.4. The molecule has 0 fully saturated rings. The number of guanidine groups is 1. The molecule has 1 aromatic rings. The molecular weight excluding hydrogens is 471 g/mol. The van der Waals surface area contributed by atoms with Gasteiger partial charge in [0.2, 0.25) is 0 Å². The average Bonchev–Trinajstić information content (AvgIpc) is 2.66. The Morgan fingerprint density at radius 3 is 2.30 bits per heavy atom. The molecule has 0 saturated carbocycles. The minimum Gasteiger partial charge on any atom is -0.492 e. The third kappa shape index (κ3) is 11.0. The third-order valence-corrected chi connectivity index (χ3v) is 5.66. The van der Waals surface area contributed by atoms with Crippen molar-refractivity contribution in [3.8, 4) is 5.75 Å². The maximum atomic E-state index is 5.83. The highest BCUT2D eigenvalue weighted by atomic mass is 127. The number of aliphatic imine (C=N–C) groups is 1. The molecule has 0 aliphatic carbocycles. The van der Waals surface area contributed by atoms with E-state index in [-0.39, 0.29) is 28.7 Å². The van der Waals surface area contributed by atoms with Crippen molar-refractivity contribution in [1.82, 2.24) is 15.5 Å². The average molecular weight is 509 g/mol. The number of hydrogen-bond acceptors (Lipinski definition) is 4. The number of likely N-dealkylation sites (N-methyl/N-ethyl adjacent to an activating group) is 1. The van der Waals surface area contributed by atoms with E-state index < -0.39 is 0 Å². The number of rotatable bonds is 11. The summed E-state index contributed by atoms with van der Waals surface area (Å²) in [5.41, 5.74) is 1.20. The molecule has 156 valence electrons. The van der Waals surface area contributed by atoms with E-state index >= 15 is 0 Å². The Morgan fingerprint density at radius 1 is 1.15 bits per heavy atom. The Kier molecular flexibility index (Phi) is 14.0. The molecule has 0 atom stereocenters. The van der Waals surface area contributed by atoms with Crippen molar-refractivity contribution in [2.75, 3.05) is 46.1 Å². The van der Waals surface area contributed by atoms with Crippen molar-refractivity contribution in [3.05, 3.63) is 29.8 Å². The first-order valence-corrected chi connectivity index (χ1v) is 10.6. The molecule has 0 unspecified atom stereocenters. The summed E-state index contributed by atoms with van der Waals surface area (Å²) in [6.07, 6.45) is 2.13. The highest BCUT2D eigenvalue weighted by Crippen LogP contribution is 2.19. The van der Waals surface area contributed by atoms with E-state index in [1.165, 1.54) is 5.56 Å². The molecule has 5 nitrogen and oxygen atoms in total. The predicted molar refractivity (Wildman–Crippen MR) is 131 cm³/mol. The summed E-state index contributed by atoms with van der Waals surface area (Å²) in [5, 5.41) is 6.74. The molecule has 2 N–H and O–H groups in total. The summed E-state index contributed by atoms with van der Waals surface area (Å²) in [6, 6.07) is 8.26. The van der Waals surface area contributed by atoms with Gasteiger partial charge in [-0.05, 0) is 50.9 Å². The van der Waals surface area contributed by atoms with Crippen LogP contribution in [0.15, 0.2) is 29.3 Å². The predicted octanol–water partition coefficient (Wildman–Crippen LogP) is 3.83. The van der Waals surface area contributed by atoms with Gasteiger partial charge >= 0.3 is 0 Å². The van der Waals surface area contributed by atoms with Gasteiger partial charge in [0.25, 0.3) is 0 Å². The van der Waals surface area contributed by atoms with Crippen molar-refractivity contribution in [3.63, 3.8) is 0 Å². The molecule has 0 saturated heterocycles. The van der Waals surface area contributed by atoms with Gasteiger partial charge in [-0.1, -0.05) is 26.0 Å². The van der Waals surface area contributed by atoms with Gasteiger partial charge in [0, 0.05) is 31.4 Å². The second-order valence-electron chi connectivity index (χ2n) is 6.76. The molecule has 0 spiro atoms. The fraction of sp³-hybridized carbons (Fsp3) is 0.650. The zero-order valence-electron chi connectivity index (χ0n) is 17.7. The summed E-state index contributed by atoms with van der Waals surface area (Å²) >= 11 is 1.84. The first-order valence-electron chi connectivity index (χ1n) is 9.37. The first kappa shape index (κ1) is 26.3. The van der Waals surface area contributed by atoms with Gasteiger partial charge in [0.05, 0.1) is 0 Å². The maximum Gasteiger partial charge on any atom is 0.191 e. The molecule has 7 heteroatoms. The Balaban J connectivity index is 0.00000676. The van der Waals surface area contributed by atoms with Gasteiger partial charge in [-0.2, -0.15) is 11.8 Å². The van der Waals surface area contributed by atoms with E-state index in [2.05, 4.69) is 66.6 Å². The molecule has 0 heterocycles. The zero-order valence-corrected chi connectivity index (χ0v) is 20.8. The Morgan fingerprint density at radius 2 is 1.78 bits per heavy atom. The van der Waals surface area contributed by atoms with Crippen molar-refractivity contribution in [2.24, 2.45) is 4.99 Å². The monoisotopic (exact) mass is 508 g/mol. The van der Waals surface area contributed by atoms with Crippen LogP contribution < -0.4 is 15.4 Å². The van der Waals surface area contributed by atoms with Crippen LogP contribution in [0.5, 0.6) is 5.75 Å². The summed E-state index contributed by atoms with van der Waals surface area (Å²) in [6.45, 7) is 14.2. The number of nitrogens with zero attached hydrogens (tertiary/aromatic N) is 2. The second kappa shape index (κ2) is 14.3. The first-order chi connectivity index (χ1) is 12.4. The van der Waals surface area contributed by atoms with Crippen LogP contribution >= 0.6 is 35.7 Å². The molecule has 0 amide bonds. The van der Waals surface area contributed by atoms with E-state index in [9.17, 15) is 0 Å². The van der Waals surface area contributed by atoms with E-state index in [0.29, 0.717) is 0 Å². The van der Waals surface area contributed by atoms with Crippen LogP contribution in [-0.4, -0.2) is 61.7 Å². The lowest BCUT2D eigenvalue weighted by molar-refractivity contribution is 0.223. The fourth-order valence-electron chi connectivity index (χ4n) is 2.31. The maximum absolute atomic E-state index is 5.83. The van der Waals surface area contributed by atoms with E-state index in [1.807, 2.05) is 23.9 Å². The van der Waals surface area contributed by atoms with E-state index in [0.717, 1.165) is 51.0 Å².